The normalized spacial score (nSPS) is 26.5. The van der Waals surface area contributed by atoms with Gasteiger partial charge in [0.2, 0.25) is 11.8 Å². The van der Waals surface area contributed by atoms with Crippen LogP contribution in [0.25, 0.3) is 0 Å². The highest BCUT2D eigenvalue weighted by atomic mass is 16.5. The molecule has 0 spiro atoms. The van der Waals surface area contributed by atoms with E-state index in [0.29, 0.717) is 13.1 Å². The maximum absolute atomic E-state index is 12.2. The van der Waals surface area contributed by atoms with Crippen LogP contribution in [0.15, 0.2) is 0 Å². The summed E-state index contributed by atoms with van der Waals surface area (Å²) in [6.45, 7) is 5.07. The Morgan fingerprint density at radius 1 is 1.45 bits per heavy atom. The van der Waals surface area contributed by atoms with Crippen LogP contribution in [-0.4, -0.2) is 59.6 Å². The first-order valence-corrected chi connectivity index (χ1v) is 7.81. The standard InChI is InChI=1S/C15H24N2O5/c1-9(2)13(15(20)21)16-14(19)10-6-12(18)17(7-10)8-11-4-3-5-22-11/h9-11,13H,3-8H2,1-2H3,(H,16,19)(H,20,21). The molecule has 0 bridgehead atoms. The van der Waals surface area contributed by atoms with Crippen molar-refractivity contribution >= 4 is 17.8 Å². The summed E-state index contributed by atoms with van der Waals surface area (Å²) >= 11 is 0. The molecule has 2 fully saturated rings. The Morgan fingerprint density at radius 2 is 2.18 bits per heavy atom. The quantitative estimate of drug-likeness (QED) is 0.732. The van der Waals surface area contributed by atoms with E-state index in [1.165, 1.54) is 0 Å². The molecule has 2 aliphatic rings. The van der Waals surface area contributed by atoms with Crippen molar-refractivity contribution in [1.29, 1.82) is 0 Å². The van der Waals surface area contributed by atoms with Gasteiger partial charge in [-0.25, -0.2) is 4.79 Å². The lowest BCUT2D eigenvalue weighted by molar-refractivity contribution is -0.143. The van der Waals surface area contributed by atoms with Gasteiger partial charge < -0.3 is 20.1 Å². The summed E-state index contributed by atoms with van der Waals surface area (Å²) in [7, 11) is 0. The van der Waals surface area contributed by atoms with Crippen LogP contribution in [-0.2, 0) is 19.1 Å². The summed E-state index contributed by atoms with van der Waals surface area (Å²) in [5, 5.41) is 11.7. The van der Waals surface area contributed by atoms with E-state index in [0.717, 1.165) is 19.4 Å². The van der Waals surface area contributed by atoms with E-state index >= 15 is 0 Å². The fourth-order valence-corrected chi connectivity index (χ4v) is 2.94. The third-order valence-electron chi connectivity index (χ3n) is 4.26. The Bertz CT molecular complexity index is 445. The molecule has 0 saturated carbocycles. The summed E-state index contributed by atoms with van der Waals surface area (Å²) in [5.74, 6) is -2.16. The van der Waals surface area contributed by atoms with Crippen molar-refractivity contribution in [3.05, 3.63) is 0 Å². The maximum Gasteiger partial charge on any atom is 0.326 e. The largest absolute Gasteiger partial charge is 0.480 e. The van der Waals surface area contributed by atoms with Gasteiger partial charge in [0.25, 0.3) is 0 Å². The van der Waals surface area contributed by atoms with Gasteiger partial charge in [-0.15, -0.1) is 0 Å². The number of carboxylic acid groups (broad SMARTS) is 1. The first-order chi connectivity index (χ1) is 10.4. The Hall–Kier alpha value is -1.63. The van der Waals surface area contributed by atoms with Crippen molar-refractivity contribution in [2.75, 3.05) is 19.7 Å². The lowest BCUT2D eigenvalue weighted by Crippen LogP contribution is -2.47. The van der Waals surface area contributed by atoms with E-state index in [1.54, 1.807) is 18.7 Å². The molecule has 7 heteroatoms. The van der Waals surface area contributed by atoms with Crippen LogP contribution in [0.4, 0.5) is 0 Å². The SMILES string of the molecule is CC(C)C(NC(=O)C1CC(=O)N(CC2CCCO2)C1)C(=O)O. The van der Waals surface area contributed by atoms with E-state index in [9.17, 15) is 14.4 Å². The van der Waals surface area contributed by atoms with Gasteiger partial charge in [0, 0.05) is 26.1 Å². The topological polar surface area (TPSA) is 95.9 Å². The molecule has 7 nitrogen and oxygen atoms in total. The van der Waals surface area contributed by atoms with Gasteiger partial charge in [-0.1, -0.05) is 13.8 Å². The predicted octanol–water partition coefficient (Wildman–Crippen LogP) is 0.239. The van der Waals surface area contributed by atoms with Crippen LogP contribution < -0.4 is 5.32 Å². The molecule has 124 valence electrons. The molecule has 0 radical (unpaired) electrons. The molecular weight excluding hydrogens is 288 g/mol. The van der Waals surface area contributed by atoms with E-state index in [-0.39, 0.29) is 30.3 Å². The number of hydrogen-bond acceptors (Lipinski definition) is 4. The Labute approximate surface area is 130 Å². The summed E-state index contributed by atoms with van der Waals surface area (Å²) in [4.78, 5) is 37.0. The average molecular weight is 312 g/mol. The second kappa shape index (κ2) is 7.09. The third kappa shape index (κ3) is 3.97. The zero-order valence-corrected chi connectivity index (χ0v) is 13.1. The molecule has 0 aromatic rings. The van der Waals surface area contributed by atoms with Gasteiger partial charge in [0.15, 0.2) is 0 Å². The molecule has 2 amide bonds. The third-order valence-corrected chi connectivity index (χ3v) is 4.26. The van der Waals surface area contributed by atoms with Crippen molar-refractivity contribution in [2.24, 2.45) is 11.8 Å². The van der Waals surface area contributed by atoms with Crippen LogP contribution in [0.1, 0.15) is 33.1 Å². The molecule has 2 heterocycles. The fourth-order valence-electron chi connectivity index (χ4n) is 2.94. The van der Waals surface area contributed by atoms with Crippen LogP contribution in [0.3, 0.4) is 0 Å². The predicted molar refractivity (Wildman–Crippen MR) is 78.1 cm³/mol. The van der Waals surface area contributed by atoms with Crippen molar-refractivity contribution in [1.82, 2.24) is 10.2 Å². The molecular formula is C15H24N2O5. The summed E-state index contributed by atoms with van der Waals surface area (Å²) in [5.41, 5.74) is 0. The Balaban J connectivity index is 1.88. The molecule has 3 atom stereocenters. The number of aliphatic carboxylic acids is 1. The highest BCUT2D eigenvalue weighted by Gasteiger charge is 2.37. The van der Waals surface area contributed by atoms with Gasteiger partial charge in [-0.05, 0) is 18.8 Å². The van der Waals surface area contributed by atoms with E-state index < -0.39 is 17.9 Å². The minimum Gasteiger partial charge on any atom is -0.480 e. The number of ether oxygens (including phenoxy) is 1. The Morgan fingerprint density at radius 3 is 2.73 bits per heavy atom. The van der Waals surface area contributed by atoms with Gasteiger partial charge in [-0.3, -0.25) is 9.59 Å². The smallest absolute Gasteiger partial charge is 0.326 e. The first kappa shape index (κ1) is 16.7. The highest BCUT2D eigenvalue weighted by Crippen LogP contribution is 2.22. The van der Waals surface area contributed by atoms with Crippen molar-refractivity contribution in [3.8, 4) is 0 Å². The molecule has 0 aliphatic carbocycles. The van der Waals surface area contributed by atoms with Gasteiger partial charge in [0.1, 0.15) is 6.04 Å². The molecule has 2 aliphatic heterocycles. The second-order valence-electron chi connectivity index (χ2n) is 6.40. The summed E-state index contributed by atoms with van der Waals surface area (Å²) in [6.07, 6.45) is 2.15. The fraction of sp³-hybridized carbons (Fsp3) is 0.800. The molecule has 2 saturated heterocycles. The summed E-state index contributed by atoms with van der Waals surface area (Å²) < 4.78 is 5.51. The van der Waals surface area contributed by atoms with Gasteiger partial charge in [0.05, 0.1) is 12.0 Å². The minimum absolute atomic E-state index is 0.0629. The van der Waals surface area contributed by atoms with Crippen LogP contribution in [0, 0.1) is 11.8 Å². The monoisotopic (exact) mass is 312 g/mol. The maximum atomic E-state index is 12.2. The molecule has 22 heavy (non-hydrogen) atoms. The van der Waals surface area contributed by atoms with E-state index in [2.05, 4.69) is 5.32 Å². The molecule has 0 aromatic heterocycles. The minimum atomic E-state index is -1.05. The average Bonchev–Trinajstić information content (AvgIpc) is 3.06. The molecule has 3 unspecified atom stereocenters. The Kier molecular flexibility index (Phi) is 5.39. The number of nitrogens with zero attached hydrogens (tertiary/aromatic N) is 1. The van der Waals surface area contributed by atoms with Crippen molar-refractivity contribution in [2.45, 2.75) is 45.3 Å². The number of carbonyl (C=O) groups is 3. The zero-order chi connectivity index (χ0) is 16.3. The number of amides is 2. The number of carboxylic acids is 1. The van der Waals surface area contributed by atoms with Crippen LogP contribution in [0.2, 0.25) is 0 Å². The number of rotatable bonds is 6. The number of hydrogen-bond donors (Lipinski definition) is 2. The van der Waals surface area contributed by atoms with E-state index in [4.69, 9.17) is 9.84 Å². The van der Waals surface area contributed by atoms with E-state index in [1.807, 2.05) is 0 Å². The van der Waals surface area contributed by atoms with Crippen LogP contribution in [0.5, 0.6) is 0 Å². The van der Waals surface area contributed by atoms with Crippen molar-refractivity contribution < 1.29 is 24.2 Å². The number of nitrogens with one attached hydrogen (secondary N) is 1. The lowest BCUT2D eigenvalue weighted by atomic mass is 10.0. The number of carbonyl (C=O) groups excluding carboxylic acids is 2. The highest BCUT2D eigenvalue weighted by molar-refractivity contribution is 5.91. The lowest BCUT2D eigenvalue weighted by Gasteiger charge is -2.22. The second-order valence-corrected chi connectivity index (χ2v) is 6.40. The molecule has 0 aromatic carbocycles. The molecule has 2 N–H and O–H groups in total. The van der Waals surface area contributed by atoms with Crippen LogP contribution >= 0.6 is 0 Å². The molecule has 2 rings (SSSR count). The zero-order valence-electron chi connectivity index (χ0n) is 13.1. The van der Waals surface area contributed by atoms with Gasteiger partial charge in [-0.2, -0.15) is 0 Å². The van der Waals surface area contributed by atoms with Gasteiger partial charge >= 0.3 is 5.97 Å². The number of likely N-dealkylation sites (tertiary alicyclic amines) is 1. The van der Waals surface area contributed by atoms with Crippen molar-refractivity contribution in [3.63, 3.8) is 0 Å². The first-order valence-electron chi connectivity index (χ1n) is 7.81. The summed E-state index contributed by atoms with van der Waals surface area (Å²) in [6, 6.07) is -0.921.